The molecule has 4 aromatic rings. The van der Waals surface area contributed by atoms with E-state index in [-0.39, 0.29) is 52.9 Å². The van der Waals surface area contributed by atoms with Crippen LogP contribution in [0.1, 0.15) is 124 Å². The van der Waals surface area contributed by atoms with Gasteiger partial charge in [0.05, 0.1) is 17.2 Å². The van der Waals surface area contributed by atoms with Gasteiger partial charge in [0.25, 0.3) is 0 Å². The maximum Gasteiger partial charge on any atom is 0.340 e. The second-order valence-corrected chi connectivity index (χ2v) is 23.8. The lowest BCUT2D eigenvalue weighted by Gasteiger charge is -2.56. The Bertz CT molecular complexity index is 2970. The van der Waals surface area contributed by atoms with Crippen molar-refractivity contribution in [3.05, 3.63) is 165 Å². The maximum atomic E-state index is 15.2. The summed E-state index contributed by atoms with van der Waals surface area (Å²) in [6.45, 7) is 8.90. The van der Waals surface area contributed by atoms with Crippen LogP contribution in [0.2, 0.25) is 0 Å². The molecule has 5 heterocycles. The Morgan fingerprint density at radius 2 is 1.71 bits per heavy atom. The fourth-order valence-corrected chi connectivity index (χ4v) is 16.1. The molecule has 0 unspecified atom stereocenters. The van der Waals surface area contributed by atoms with Crippen LogP contribution in [-0.4, -0.2) is 49.9 Å². The molecule has 14 rings (SSSR count). The summed E-state index contributed by atoms with van der Waals surface area (Å²) in [6.07, 6.45) is 19.5. The summed E-state index contributed by atoms with van der Waals surface area (Å²) in [7, 11) is 2.08. The van der Waals surface area contributed by atoms with Crippen molar-refractivity contribution in [1.29, 1.82) is 0 Å². The van der Waals surface area contributed by atoms with Gasteiger partial charge in [-0.3, -0.25) is 0 Å². The average molecular weight is 1010 g/mol. The van der Waals surface area contributed by atoms with Gasteiger partial charge in [-0.25, -0.2) is 9.59 Å². The number of phenolic OH excluding ortho intramolecular Hbond substituents is 1. The second-order valence-electron chi connectivity index (χ2n) is 23.8. The fraction of sp³-hybridized carbons (Fsp3) is 0.485. The minimum atomic E-state index is -0.855. The number of piperidine rings is 1. The van der Waals surface area contributed by atoms with Crippen LogP contribution >= 0.6 is 0 Å². The van der Waals surface area contributed by atoms with Crippen LogP contribution in [0.3, 0.4) is 0 Å². The van der Waals surface area contributed by atoms with E-state index in [0.29, 0.717) is 29.6 Å². The standard InChI is InChI=1S/C66H78N4O5/c1-4-26-68-40-47-31-43-21-27-69-39-45-12-9-13-48(34-45)51-15-14-50(71)37-55(51)59-52-19-25-66(57(75-64(73)62(59)66)35-41(5-2)29-42-10-7-6-8-11-42)61-53(52)16-17-54-56(74-63(72)60(54)61)20-24-65(49-22-28-70-58(36-49)67-3)23-18-44(38-65)32-46(30-43)33-47/h6-15,20,30-31,33-35,37,41,44,49,52-53,58,61,67-71H,4-5,16-19,21-29,32,36,38-40H2,1-3H3/b56-20?,57-35-/t41-,44-,49-,52-,53+,58+,61-,65-,66-/m1/s1. The minimum absolute atomic E-state index is 0.0145. The number of benzene rings is 4. The van der Waals surface area contributed by atoms with E-state index in [1.807, 2.05) is 12.1 Å². The first kappa shape index (κ1) is 50.2. The number of aromatic hydroxyl groups is 1. The lowest BCUT2D eigenvalue weighted by molar-refractivity contribution is -0.135. The molecule has 14 bridgehead atoms. The molecule has 0 radical (unpaired) electrons. The smallest absolute Gasteiger partial charge is 0.340 e. The summed E-state index contributed by atoms with van der Waals surface area (Å²) in [5, 5.41) is 26.2. The lowest BCUT2D eigenvalue weighted by Crippen LogP contribution is -2.52. The van der Waals surface area contributed by atoms with Gasteiger partial charge in [0.1, 0.15) is 17.3 Å². The van der Waals surface area contributed by atoms with Crippen LogP contribution in [0, 0.1) is 46.3 Å². The number of allylic oxidation sites excluding steroid dienone is 5. The van der Waals surface area contributed by atoms with Crippen molar-refractivity contribution >= 4 is 17.5 Å². The normalized spacial score (nSPS) is 30.2. The number of cyclic esters (lactones) is 1. The van der Waals surface area contributed by atoms with E-state index in [1.54, 1.807) is 6.07 Å². The molecular weight excluding hydrogens is 929 g/mol. The minimum Gasteiger partial charge on any atom is -0.508 e. The first-order valence-corrected chi connectivity index (χ1v) is 28.9. The van der Waals surface area contributed by atoms with Crippen LogP contribution in [0.15, 0.2) is 131 Å². The molecule has 5 aliphatic carbocycles. The number of esters is 2. The largest absolute Gasteiger partial charge is 0.508 e. The van der Waals surface area contributed by atoms with E-state index in [9.17, 15) is 5.11 Å². The average Bonchev–Trinajstić information content (AvgIpc) is 4.18. The van der Waals surface area contributed by atoms with Crippen molar-refractivity contribution in [3.8, 4) is 16.9 Å². The van der Waals surface area contributed by atoms with Crippen molar-refractivity contribution in [2.75, 3.05) is 26.7 Å². The Labute approximate surface area is 445 Å². The van der Waals surface area contributed by atoms with Crippen molar-refractivity contribution in [2.24, 2.45) is 46.3 Å². The summed E-state index contributed by atoms with van der Waals surface area (Å²) < 4.78 is 13.4. The Kier molecular flexibility index (Phi) is 14.1. The molecule has 0 aromatic heterocycles. The van der Waals surface area contributed by atoms with Gasteiger partial charge in [0.15, 0.2) is 0 Å². The van der Waals surface area contributed by atoms with Gasteiger partial charge in [0, 0.05) is 30.2 Å². The number of fused-ring (bicyclic) bond motifs is 5. The van der Waals surface area contributed by atoms with E-state index in [4.69, 9.17) is 9.47 Å². The van der Waals surface area contributed by atoms with Crippen molar-refractivity contribution in [1.82, 2.24) is 21.3 Å². The first-order chi connectivity index (χ1) is 36.7. The zero-order valence-electron chi connectivity index (χ0n) is 44.6. The van der Waals surface area contributed by atoms with Gasteiger partial charge < -0.3 is 35.8 Å². The molecule has 4 aromatic carbocycles. The number of carbonyl (C=O) groups excluding carboxylic acids is 2. The first-order valence-electron chi connectivity index (χ1n) is 28.9. The molecule has 75 heavy (non-hydrogen) atoms. The number of phenols is 1. The maximum absolute atomic E-state index is 15.2. The van der Waals surface area contributed by atoms with Gasteiger partial charge in [-0.1, -0.05) is 86.6 Å². The van der Waals surface area contributed by atoms with E-state index in [2.05, 4.69) is 127 Å². The molecular formula is C66H78N4O5. The van der Waals surface area contributed by atoms with Gasteiger partial charge >= 0.3 is 11.9 Å². The number of rotatable bonds is 10. The quantitative estimate of drug-likeness (QED) is 0.0781. The predicted octanol–water partition coefficient (Wildman–Crippen LogP) is 11.8. The number of hydrogen-bond donors (Lipinski definition) is 5. The monoisotopic (exact) mass is 1010 g/mol. The van der Waals surface area contributed by atoms with Crippen LogP contribution in [0.4, 0.5) is 0 Å². The van der Waals surface area contributed by atoms with E-state index >= 15 is 9.59 Å². The molecule has 2 saturated heterocycles. The zero-order chi connectivity index (χ0) is 51.3. The SMILES string of the molecule is CCCNCc1cc2cc(c1)C[C@H]1CC[C@@]([C@@H]3CCN[C@H](NC)C3)(CC=C3OC(=O)C4=C3CC[C@H]3[C@H]5CC[C@]6(C(=C5c5cc(O)ccc5-c5cccc(c5)CNCC2)C(=O)O/C6=C\[C@H](CC)Cc2ccccc2)[C@@H]43)C1. The summed E-state index contributed by atoms with van der Waals surface area (Å²) in [4.78, 5) is 30.3. The molecule has 9 heteroatoms. The van der Waals surface area contributed by atoms with Gasteiger partial charge in [-0.15, -0.1) is 0 Å². The number of ether oxygens (including phenoxy) is 2. The molecule has 5 aliphatic heterocycles. The highest BCUT2D eigenvalue weighted by Crippen LogP contribution is 2.72. The molecule has 392 valence electrons. The third-order valence-electron chi connectivity index (χ3n) is 19.5. The molecule has 2 saturated carbocycles. The van der Waals surface area contributed by atoms with Crippen molar-refractivity contribution in [2.45, 2.75) is 129 Å². The van der Waals surface area contributed by atoms with Crippen LogP contribution < -0.4 is 21.3 Å². The van der Waals surface area contributed by atoms with Gasteiger partial charge in [0.2, 0.25) is 0 Å². The Hall–Kier alpha value is -5.58. The molecule has 0 amide bonds. The Balaban J connectivity index is 1.01. The molecule has 4 fully saturated rings. The summed E-state index contributed by atoms with van der Waals surface area (Å²) in [5.41, 5.74) is 12.3. The van der Waals surface area contributed by atoms with E-state index < -0.39 is 5.41 Å². The summed E-state index contributed by atoms with van der Waals surface area (Å²) in [6, 6.07) is 32.4. The number of hydrogen-bond acceptors (Lipinski definition) is 9. The number of carbonyl (C=O) groups is 2. The highest BCUT2D eigenvalue weighted by Gasteiger charge is 2.68. The highest BCUT2D eigenvalue weighted by atomic mass is 16.5. The summed E-state index contributed by atoms with van der Waals surface area (Å²) in [5.74, 6) is 2.08. The van der Waals surface area contributed by atoms with Crippen LogP contribution in [0.5, 0.6) is 5.75 Å². The lowest BCUT2D eigenvalue weighted by atomic mass is 9.44. The summed E-state index contributed by atoms with van der Waals surface area (Å²) >= 11 is 0. The van der Waals surface area contributed by atoms with Crippen molar-refractivity contribution in [3.63, 3.8) is 0 Å². The van der Waals surface area contributed by atoms with Gasteiger partial charge in [-0.2, -0.15) is 0 Å². The predicted molar refractivity (Wildman–Crippen MR) is 297 cm³/mol. The molecule has 10 aliphatic rings. The fourth-order valence-electron chi connectivity index (χ4n) is 16.1. The third kappa shape index (κ3) is 9.38. The topological polar surface area (TPSA) is 121 Å². The Morgan fingerprint density at radius 3 is 2.56 bits per heavy atom. The van der Waals surface area contributed by atoms with Crippen molar-refractivity contribution < 1.29 is 24.2 Å². The Morgan fingerprint density at radius 1 is 0.827 bits per heavy atom. The molecule has 5 N–H and O–H groups in total. The molecule has 1 spiro atoms. The number of nitrogens with one attached hydrogen (secondary N) is 4. The van der Waals surface area contributed by atoms with Crippen LogP contribution in [0.25, 0.3) is 16.7 Å². The third-order valence-corrected chi connectivity index (χ3v) is 19.5. The van der Waals surface area contributed by atoms with E-state index in [0.717, 1.165) is 155 Å². The highest BCUT2D eigenvalue weighted by molar-refractivity contribution is 6.07. The molecule has 9 atom stereocenters. The van der Waals surface area contributed by atoms with Crippen LogP contribution in [-0.2, 0) is 51.4 Å². The molecule has 9 nitrogen and oxygen atoms in total. The van der Waals surface area contributed by atoms with Gasteiger partial charge in [-0.05, 0) is 238 Å². The van der Waals surface area contributed by atoms with E-state index in [1.165, 1.54) is 34.2 Å². The second kappa shape index (κ2) is 21.1. The zero-order valence-corrected chi connectivity index (χ0v) is 44.6.